The van der Waals surface area contributed by atoms with Gasteiger partial charge < -0.3 is 9.67 Å². The van der Waals surface area contributed by atoms with Crippen molar-refractivity contribution in [3.05, 3.63) is 63.8 Å². The zero-order valence-corrected chi connectivity index (χ0v) is 15.2. The Morgan fingerprint density at radius 2 is 1.88 bits per heavy atom. The molecule has 3 rings (SSSR count). The minimum atomic E-state index is -1.21. The second kappa shape index (κ2) is 7.21. The fourth-order valence-corrected chi connectivity index (χ4v) is 3.73. The first-order valence-electron chi connectivity index (χ1n) is 8.04. The molecule has 2 heterocycles. The Bertz CT molecular complexity index is 915. The maximum atomic E-state index is 12.3. The van der Waals surface area contributed by atoms with Crippen molar-refractivity contribution < 1.29 is 19.5 Å². The highest BCUT2D eigenvalue weighted by Crippen LogP contribution is 2.33. The Hall–Kier alpha value is -2.80. The summed E-state index contributed by atoms with van der Waals surface area (Å²) in [6.45, 7) is 4.05. The molecule has 0 spiro atoms. The normalized spacial score (nSPS) is 15.9. The van der Waals surface area contributed by atoms with E-state index in [1.807, 2.05) is 38.1 Å². The molecule has 1 fully saturated rings. The number of aromatic nitrogens is 1. The van der Waals surface area contributed by atoms with Gasteiger partial charge in [-0.15, -0.1) is 0 Å². The highest BCUT2D eigenvalue weighted by molar-refractivity contribution is 8.18. The molecule has 26 heavy (non-hydrogen) atoms. The fraction of sp³-hybridized carbons (Fsp3) is 0.211. The summed E-state index contributed by atoms with van der Waals surface area (Å²) in [6, 6.07) is 12.0. The summed E-state index contributed by atoms with van der Waals surface area (Å²) in [5.41, 5.74) is 4.04. The van der Waals surface area contributed by atoms with Gasteiger partial charge in [0.25, 0.3) is 11.1 Å². The van der Waals surface area contributed by atoms with Gasteiger partial charge in [0.05, 0.1) is 4.91 Å². The molecule has 0 radical (unpaired) electrons. The molecule has 1 aromatic carbocycles. The van der Waals surface area contributed by atoms with Crippen molar-refractivity contribution >= 4 is 35.0 Å². The first-order chi connectivity index (χ1) is 12.4. The lowest BCUT2D eigenvalue weighted by Gasteiger charge is -2.09. The van der Waals surface area contributed by atoms with E-state index in [1.165, 1.54) is 5.56 Å². The maximum Gasteiger partial charge on any atom is 0.323 e. The van der Waals surface area contributed by atoms with E-state index < -0.39 is 23.7 Å². The number of hydrogen-bond acceptors (Lipinski definition) is 4. The number of carboxylic acids is 1. The van der Waals surface area contributed by atoms with Gasteiger partial charge in [0.2, 0.25) is 0 Å². The zero-order chi connectivity index (χ0) is 18.8. The Balaban J connectivity index is 1.88. The van der Waals surface area contributed by atoms with Crippen molar-refractivity contribution in [3.8, 4) is 0 Å². The number of aliphatic carboxylic acids is 1. The van der Waals surface area contributed by atoms with Crippen molar-refractivity contribution in [2.24, 2.45) is 0 Å². The van der Waals surface area contributed by atoms with E-state index in [0.717, 1.165) is 33.6 Å². The fourth-order valence-electron chi connectivity index (χ4n) is 2.90. The average molecular weight is 370 g/mol. The molecule has 1 aromatic heterocycles. The lowest BCUT2D eigenvalue weighted by atomic mass is 10.2. The highest BCUT2D eigenvalue weighted by Gasteiger charge is 2.36. The maximum absolute atomic E-state index is 12.3. The van der Waals surface area contributed by atoms with Crippen LogP contribution in [0.25, 0.3) is 6.08 Å². The van der Waals surface area contributed by atoms with Gasteiger partial charge in [0, 0.05) is 17.9 Å². The van der Waals surface area contributed by atoms with Crippen molar-refractivity contribution in [1.82, 2.24) is 9.47 Å². The Kier molecular flexibility index (Phi) is 4.99. The van der Waals surface area contributed by atoms with Crippen LogP contribution in [0.1, 0.15) is 22.5 Å². The second-order valence-corrected chi connectivity index (χ2v) is 7.05. The number of carbonyl (C=O) groups is 3. The largest absolute Gasteiger partial charge is 0.480 e. The predicted octanol–water partition coefficient (Wildman–Crippen LogP) is 3.27. The Labute approximate surface area is 155 Å². The number of rotatable bonds is 5. The minimum absolute atomic E-state index is 0.246. The molecule has 2 aromatic rings. The van der Waals surface area contributed by atoms with Gasteiger partial charge in [-0.3, -0.25) is 19.3 Å². The van der Waals surface area contributed by atoms with Gasteiger partial charge in [-0.1, -0.05) is 30.3 Å². The van der Waals surface area contributed by atoms with Crippen LogP contribution in [0.5, 0.6) is 0 Å². The number of nitrogens with zero attached hydrogens (tertiary/aromatic N) is 2. The third kappa shape index (κ3) is 3.57. The second-order valence-electron chi connectivity index (χ2n) is 6.06. The van der Waals surface area contributed by atoms with Gasteiger partial charge in [0.1, 0.15) is 6.54 Å². The summed E-state index contributed by atoms with van der Waals surface area (Å²) in [6.07, 6.45) is 1.66. The van der Waals surface area contributed by atoms with E-state index >= 15 is 0 Å². The van der Waals surface area contributed by atoms with E-state index in [9.17, 15) is 14.4 Å². The molecule has 0 atom stereocenters. The van der Waals surface area contributed by atoms with E-state index in [2.05, 4.69) is 16.7 Å². The Morgan fingerprint density at radius 3 is 2.54 bits per heavy atom. The van der Waals surface area contributed by atoms with Gasteiger partial charge in [-0.05, 0) is 48.9 Å². The van der Waals surface area contributed by atoms with Crippen LogP contribution in [-0.2, 0) is 16.1 Å². The smallest absolute Gasteiger partial charge is 0.323 e. The third-order valence-electron chi connectivity index (χ3n) is 4.25. The third-order valence-corrected chi connectivity index (χ3v) is 5.16. The standard InChI is InChI=1S/C19H18N2O4S/c1-12-8-15(13(2)20(12)10-14-6-4-3-5-7-14)9-16-18(24)21(11-17(22)23)19(25)26-16/h3-9H,10-11H2,1-2H3,(H,22,23)/b16-9+. The monoisotopic (exact) mass is 370 g/mol. The topological polar surface area (TPSA) is 79.6 Å². The van der Waals surface area contributed by atoms with E-state index in [1.54, 1.807) is 6.08 Å². The number of amides is 2. The predicted molar refractivity (Wildman–Crippen MR) is 99.8 cm³/mol. The van der Waals surface area contributed by atoms with E-state index in [0.29, 0.717) is 6.54 Å². The molecule has 2 amide bonds. The summed E-state index contributed by atoms with van der Waals surface area (Å²) in [7, 11) is 0. The molecule has 7 heteroatoms. The summed E-state index contributed by atoms with van der Waals surface area (Å²) in [4.78, 5) is 36.0. The van der Waals surface area contributed by atoms with Gasteiger partial charge in [-0.25, -0.2) is 0 Å². The number of hydrogen-bond donors (Lipinski definition) is 1. The number of carbonyl (C=O) groups excluding carboxylic acids is 2. The lowest BCUT2D eigenvalue weighted by Crippen LogP contribution is -2.33. The summed E-state index contributed by atoms with van der Waals surface area (Å²) in [5.74, 6) is -1.77. The summed E-state index contributed by atoms with van der Waals surface area (Å²) < 4.78 is 2.14. The number of imide groups is 1. The molecule has 0 bridgehead atoms. The molecule has 1 N–H and O–H groups in total. The van der Waals surface area contributed by atoms with Gasteiger partial charge >= 0.3 is 5.97 Å². The van der Waals surface area contributed by atoms with Crippen molar-refractivity contribution in [3.63, 3.8) is 0 Å². The van der Waals surface area contributed by atoms with Crippen LogP contribution in [-0.4, -0.2) is 38.2 Å². The molecule has 1 aliphatic heterocycles. The molecule has 1 saturated heterocycles. The molecule has 0 saturated carbocycles. The van der Waals surface area contributed by atoms with Crippen LogP contribution >= 0.6 is 11.8 Å². The molecular weight excluding hydrogens is 352 g/mol. The van der Waals surface area contributed by atoms with Crippen LogP contribution in [0.2, 0.25) is 0 Å². The zero-order valence-electron chi connectivity index (χ0n) is 14.4. The highest BCUT2D eigenvalue weighted by atomic mass is 32.2. The molecular formula is C19H18N2O4S. The molecule has 0 aliphatic carbocycles. The van der Waals surface area contributed by atoms with Gasteiger partial charge in [-0.2, -0.15) is 0 Å². The van der Waals surface area contributed by atoms with E-state index in [-0.39, 0.29) is 4.91 Å². The Morgan fingerprint density at radius 1 is 1.19 bits per heavy atom. The van der Waals surface area contributed by atoms with Crippen LogP contribution in [0.4, 0.5) is 4.79 Å². The number of aryl methyl sites for hydroxylation is 1. The first-order valence-corrected chi connectivity index (χ1v) is 8.86. The molecule has 6 nitrogen and oxygen atoms in total. The molecule has 1 aliphatic rings. The van der Waals surface area contributed by atoms with E-state index in [4.69, 9.17) is 5.11 Å². The van der Waals surface area contributed by atoms with Crippen molar-refractivity contribution in [2.45, 2.75) is 20.4 Å². The molecule has 134 valence electrons. The van der Waals surface area contributed by atoms with Crippen LogP contribution in [0.15, 0.2) is 41.3 Å². The minimum Gasteiger partial charge on any atom is -0.480 e. The molecule has 0 unspecified atom stereocenters. The lowest BCUT2D eigenvalue weighted by molar-refractivity contribution is -0.140. The first kappa shape index (κ1) is 18.0. The van der Waals surface area contributed by atoms with Crippen LogP contribution in [0.3, 0.4) is 0 Å². The van der Waals surface area contributed by atoms with Crippen molar-refractivity contribution in [1.29, 1.82) is 0 Å². The summed E-state index contributed by atoms with van der Waals surface area (Å²) in [5, 5.41) is 8.28. The number of thioether (sulfide) groups is 1. The van der Waals surface area contributed by atoms with Crippen LogP contribution in [0, 0.1) is 13.8 Å². The summed E-state index contributed by atoms with van der Waals surface area (Å²) >= 11 is 0.772. The van der Waals surface area contributed by atoms with Crippen LogP contribution < -0.4 is 0 Å². The number of carboxylic acid groups (broad SMARTS) is 1. The number of benzene rings is 1. The van der Waals surface area contributed by atoms with Crippen molar-refractivity contribution in [2.75, 3.05) is 6.54 Å². The quantitative estimate of drug-likeness (QED) is 0.817. The average Bonchev–Trinajstić information content (AvgIpc) is 3.00. The SMILES string of the molecule is Cc1cc(/C=C2/SC(=O)N(CC(=O)O)C2=O)c(C)n1Cc1ccccc1. The van der Waals surface area contributed by atoms with Gasteiger partial charge in [0.15, 0.2) is 0 Å².